The summed E-state index contributed by atoms with van der Waals surface area (Å²) in [4.78, 5) is 14.7. The van der Waals surface area contributed by atoms with Crippen molar-refractivity contribution in [3.63, 3.8) is 0 Å². The first-order valence-corrected chi connectivity index (χ1v) is 7.40. The van der Waals surface area contributed by atoms with Gasteiger partial charge in [-0.3, -0.25) is 4.79 Å². The number of likely N-dealkylation sites (tertiary alicyclic amines) is 1. The van der Waals surface area contributed by atoms with Crippen molar-refractivity contribution in [1.29, 1.82) is 0 Å². The molecule has 108 valence electrons. The van der Waals surface area contributed by atoms with Crippen LogP contribution < -0.4 is 5.73 Å². The summed E-state index contributed by atoms with van der Waals surface area (Å²) in [5.41, 5.74) is 5.55. The monoisotopic (exact) mass is 267 g/mol. The van der Waals surface area contributed by atoms with E-state index in [1.54, 1.807) is 0 Å². The molecule has 2 fully saturated rings. The number of carbonyl (C=O) groups excluding carboxylic acids is 1. The first-order valence-electron chi connectivity index (χ1n) is 7.40. The van der Waals surface area contributed by atoms with Crippen LogP contribution in [0.2, 0.25) is 0 Å². The highest BCUT2D eigenvalue weighted by Gasteiger charge is 2.42. The minimum absolute atomic E-state index is 0.0938. The second kappa shape index (κ2) is 5.80. The highest BCUT2D eigenvalue weighted by Crippen LogP contribution is 2.43. The number of nitrogens with zero attached hydrogens (tertiary/aromatic N) is 2. The van der Waals surface area contributed by atoms with Gasteiger partial charge in [0.25, 0.3) is 0 Å². The Labute approximate surface area is 114 Å². The van der Waals surface area contributed by atoms with Gasteiger partial charge >= 0.3 is 0 Å². The van der Waals surface area contributed by atoms with Gasteiger partial charge < -0.3 is 15.8 Å². The van der Waals surface area contributed by atoms with E-state index in [0.717, 1.165) is 45.2 Å². The molecule has 0 atom stereocenters. The summed E-state index contributed by atoms with van der Waals surface area (Å²) in [6, 6.07) is 0. The molecule has 0 aromatic carbocycles. The minimum atomic E-state index is -0.0938. The largest absolute Gasteiger partial charge is 0.409 e. The van der Waals surface area contributed by atoms with E-state index in [1.165, 1.54) is 12.8 Å². The molecule has 1 saturated carbocycles. The van der Waals surface area contributed by atoms with Gasteiger partial charge in [0.15, 0.2) is 0 Å². The number of amidine groups is 1. The second-order valence-electron chi connectivity index (χ2n) is 5.93. The lowest BCUT2D eigenvalue weighted by atomic mass is 9.81. The van der Waals surface area contributed by atoms with E-state index in [0.29, 0.717) is 11.7 Å². The van der Waals surface area contributed by atoms with Crippen LogP contribution in [0.3, 0.4) is 0 Å². The zero-order chi connectivity index (χ0) is 13.9. The summed E-state index contributed by atoms with van der Waals surface area (Å²) in [7, 11) is 0. The average molecular weight is 267 g/mol. The Kier molecular flexibility index (Phi) is 4.32. The Balaban J connectivity index is 1.96. The quantitative estimate of drug-likeness (QED) is 0.355. The van der Waals surface area contributed by atoms with Gasteiger partial charge in [-0.25, -0.2) is 0 Å². The molecule has 0 bridgehead atoms. The molecular formula is C14H25N3O2. The molecular weight excluding hydrogens is 242 g/mol. The van der Waals surface area contributed by atoms with Crippen molar-refractivity contribution < 1.29 is 10.0 Å². The average Bonchev–Trinajstić information content (AvgIpc) is 2.96. The Hall–Kier alpha value is -1.26. The molecule has 1 amide bonds. The molecule has 1 aliphatic carbocycles. The van der Waals surface area contributed by atoms with E-state index in [9.17, 15) is 4.79 Å². The van der Waals surface area contributed by atoms with Crippen LogP contribution in [0.4, 0.5) is 0 Å². The topological polar surface area (TPSA) is 78.9 Å². The highest BCUT2D eigenvalue weighted by molar-refractivity contribution is 5.84. The molecule has 1 aliphatic heterocycles. The molecule has 5 nitrogen and oxygen atoms in total. The maximum Gasteiger partial charge on any atom is 0.228 e. The number of carbonyl (C=O) groups is 1. The third-order valence-electron chi connectivity index (χ3n) is 5.01. The lowest BCUT2D eigenvalue weighted by Crippen LogP contribution is -2.47. The van der Waals surface area contributed by atoms with Gasteiger partial charge in [0.05, 0.1) is 0 Å². The standard InChI is InChI=1S/C14H25N3O2/c1-2-14(7-3-4-8-14)13(18)17-9-5-11(6-10-17)12(15)16-19/h11,19H,2-10H2,1H3,(H2,15,16). The smallest absolute Gasteiger partial charge is 0.228 e. The van der Waals surface area contributed by atoms with Gasteiger partial charge in [-0.2, -0.15) is 0 Å². The van der Waals surface area contributed by atoms with Crippen LogP contribution in [0.1, 0.15) is 51.9 Å². The van der Waals surface area contributed by atoms with Crippen molar-refractivity contribution in [2.75, 3.05) is 13.1 Å². The van der Waals surface area contributed by atoms with Gasteiger partial charge in [-0.15, -0.1) is 0 Å². The van der Waals surface area contributed by atoms with Gasteiger partial charge in [-0.05, 0) is 32.1 Å². The van der Waals surface area contributed by atoms with Crippen LogP contribution in [0.15, 0.2) is 5.16 Å². The van der Waals surface area contributed by atoms with Gasteiger partial charge in [0.1, 0.15) is 5.84 Å². The molecule has 1 heterocycles. The normalized spacial score (nSPS) is 24.7. The van der Waals surface area contributed by atoms with E-state index >= 15 is 0 Å². The number of hydrogen-bond donors (Lipinski definition) is 2. The third kappa shape index (κ3) is 2.69. The zero-order valence-corrected chi connectivity index (χ0v) is 11.8. The lowest BCUT2D eigenvalue weighted by Gasteiger charge is -2.37. The maximum atomic E-state index is 12.7. The maximum absolute atomic E-state index is 12.7. The van der Waals surface area contributed by atoms with Gasteiger partial charge in [0, 0.05) is 24.4 Å². The Morgan fingerprint density at radius 2 is 1.95 bits per heavy atom. The number of oxime groups is 1. The Morgan fingerprint density at radius 1 is 1.37 bits per heavy atom. The summed E-state index contributed by atoms with van der Waals surface area (Å²) in [5, 5.41) is 11.8. The van der Waals surface area contributed by atoms with Crippen LogP contribution >= 0.6 is 0 Å². The number of hydrogen-bond acceptors (Lipinski definition) is 3. The zero-order valence-electron chi connectivity index (χ0n) is 11.8. The Bertz CT molecular complexity index is 354. The van der Waals surface area contributed by atoms with Crippen LogP contribution in [-0.4, -0.2) is 34.9 Å². The number of rotatable bonds is 3. The molecule has 0 aromatic rings. The van der Waals surface area contributed by atoms with Crippen molar-refractivity contribution >= 4 is 11.7 Å². The predicted octanol–water partition coefficient (Wildman–Crippen LogP) is 1.94. The molecule has 0 aromatic heterocycles. The molecule has 5 heteroatoms. The summed E-state index contributed by atoms with van der Waals surface area (Å²) < 4.78 is 0. The fourth-order valence-electron chi connectivity index (χ4n) is 3.57. The SMILES string of the molecule is CCC1(C(=O)N2CCC(C(N)=NO)CC2)CCCC1. The van der Waals surface area contributed by atoms with Crippen molar-refractivity contribution in [3.05, 3.63) is 0 Å². The van der Waals surface area contributed by atoms with Crippen molar-refractivity contribution in [3.8, 4) is 0 Å². The van der Waals surface area contributed by atoms with Crippen LogP contribution in [-0.2, 0) is 4.79 Å². The molecule has 0 spiro atoms. The summed E-state index contributed by atoms with van der Waals surface area (Å²) in [6.07, 6.45) is 7.01. The van der Waals surface area contributed by atoms with E-state index in [1.807, 2.05) is 4.90 Å². The van der Waals surface area contributed by atoms with Crippen molar-refractivity contribution in [2.24, 2.45) is 22.2 Å². The molecule has 2 aliphatic rings. The van der Waals surface area contributed by atoms with Crippen LogP contribution in [0.5, 0.6) is 0 Å². The number of amides is 1. The summed E-state index contributed by atoms with van der Waals surface area (Å²) in [5.74, 6) is 0.763. The van der Waals surface area contributed by atoms with Gasteiger partial charge in [-0.1, -0.05) is 24.9 Å². The molecule has 0 unspecified atom stereocenters. The predicted molar refractivity (Wildman–Crippen MR) is 73.9 cm³/mol. The lowest BCUT2D eigenvalue weighted by molar-refractivity contribution is -0.143. The van der Waals surface area contributed by atoms with Crippen molar-refractivity contribution in [2.45, 2.75) is 51.9 Å². The fourth-order valence-corrected chi connectivity index (χ4v) is 3.57. The van der Waals surface area contributed by atoms with E-state index in [-0.39, 0.29) is 11.3 Å². The first kappa shape index (κ1) is 14.2. The van der Waals surface area contributed by atoms with Crippen molar-refractivity contribution in [1.82, 2.24) is 4.90 Å². The van der Waals surface area contributed by atoms with E-state index in [4.69, 9.17) is 10.9 Å². The molecule has 2 rings (SSSR count). The van der Waals surface area contributed by atoms with Gasteiger partial charge in [0.2, 0.25) is 5.91 Å². The number of nitrogens with two attached hydrogens (primary N) is 1. The second-order valence-corrected chi connectivity index (χ2v) is 5.93. The van der Waals surface area contributed by atoms with E-state index in [2.05, 4.69) is 12.1 Å². The molecule has 3 N–H and O–H groups in total. The van der Waals surface area contributed by atoms with Crippen LogP contribution in [0, 0.1) is 11.3 Å². The highest BCUT2D eigenvalue weighted by atomic mass is 16.4. The molecule has 0 radical (unpaired) electrons. The molecule has 19 heavy (non-hydrogen) atoms. The summed E-state index contributed by atoms with van der Waals surface area (Å²) >= 11 is 0. The number of piperidine rings is 1. The fraction of sp³-hybridized carbons (Fsp3) is 0.857. The minimum Gasteiger partial charge on any atom is -0.409 e. The van der Waals surface area contributed by atoms with E-state index < -0.39 is 0 Å². The van der Waals surface area contributed by atoms with Crippen LogP contribution in [0.25, 0.3) is 0 Å². The molecule has 1 saturated heterocycles. The summed E-state index contributed by atoms with van der Waals surface area (Å²) in [6.45, 7) is 3.61. The first-order chi connectivity index (χ1) is 9.13. The third-order valence-corrected chi connectivity index (χ3v) is 5.01. The Morgan fingerprint density at radius 3 is 2.42 bits per heavy atom.